The predicted molar refractivity (Wildman–Crippen MR) is 84.0 cm³/mol. The van der Waals surface area contributed by atoms with Crippen LogP contribution in [0.15, 0.2) is 48.5 Å². The fourth-order valence-corrected chi connectivity index (χ4v) is 4.66. The largest absolute Gasteiger partial charge is 0.198 e. The average Bonchev–Trinajstić information content (AvgIpc) is 2.57. The third-order valence-corrected chi connectivity index (χ3v) is 5.39. The van der Waals surface area contributed by atoms with E-state index < -0.39 is 0 Å². The average molecular weight is 284 g/mol. The Balaban J connectivity index is 1.98. The Bertz CT molecular complexity index is 693. The molecule has 0 heterocycles. The molecule has 0 aliphatic heterocycles. The van der Waals surface area contributed by atoms with Crippen molar-refractivity contribution in [3.05, 3.63) is 70.8 Å². The molecule has 0 unspecified atom stereocenters. The molecule has 0 radical (unpaired) electrons. The number of fused-ring (bicyclic) bond motifs is 1. The standard InChI is InChI=1S/C20H16N2/c21-11-9-17-18(10-12-22)20-14-6-2-1-5-13(14)19(17)15-7-3-4-8-16(15)20/h1-8,17-20H,9-10H2/t17-,18-,19?,20?/m1/s1. The summed E-state index contributed by atoms with van der Waals surface area (Å²) in [5, 5.41) is 18.6. The summed E-state index contributed by atoms with van der Waals surface area (Å²) in [5.74, 6) is 1.02. The van der Waals surface area contributed by atoms with Crippen molar-refractivity contribution in [1.29, 1.82) is 10.5 Å². The second-order valence-corrected chi connectivity index (χ2v) is 6.27. The molecule has 0 aromatic heterocycles. The second kappa shape index (κ2) is 5.00. The fraction of sp³-hybridized carbons (Fsp3) is 0.300. The molecular weight excluding hydrogens is 268 g/mol. The van der Waals surface area contributed by atoms with Crippen LogP contribution in [-0.4, -0.2) is 0 Å². The predicted octanol–water partition coefficient (Wildman–Crippen LogP) is 4.34. The van der Waals surface area contributed by atoms with Gasteiger partial charge in [0, 0.05) is 24.7 Å². The zero-order chi connectivity index (χ0) is 15.1. The van der Waals surface area contributed by atoms with Gasteiger partial charge in [0.25, 0.3) is 0 Å². The van der Waals surface area contributed by atoms with E-state index in [0.29, 0.717) is 12.8 Å². The van der Waals surface area contributed by atoms with E-state index in [1.54, 1.807) is 0 Å². The molecule has 0 saturated carbocycles. The maximum absolute atomic E-state index is 9.30. The minimum absolute atomic E-state index is 0.249. The van der Waals surface area contributed by atoms with Crippen LogP contribution in [0.2, 0.25) is 0 Å². The highest BCUT2D eigenvalue weighted by Crippen LogP contribution is 2.59. The molecule has 0 N–H and O–H groups in total. The van der Waals surface area contributed by atoms with Gasteiger partial charge in [0.05, 0.1) is 12.1 Å². The van der Waals surface area contributed by atoms with Crippen LogP contribution >= 0.6 is 0 Å². The SMILES string of the molecule is N#CC[C@H]1C2c3ccccc3C(c3ccccc32)[C@@H]1CC#N. The quantitative estimate of drug-likeness (QED) is 0.823. The molecule has 5 rings (SSSR count). The Morgan fingerprint density at radius 1 is 0.636 bits per heavy atom. The monoisotopic (exact) mass is 284 g/mol. The molecule has 0 amide bonds. The summed E-state index contributed by atoms with van der Waals surface area (Å²) in [5.41, 5.74) is 5.45. The van der Waals surface area contributed by atoms with Gasteiger partial charge in [-0.1, -0.05) is 48.5 Å². The highest BCUT2D eigenvalue weighted by atomic mass is 14.5. The lowest BCUT2D eigenvalue weighted by Crippen LogP contribution is -2.39. The first-order valence-electron chi connectivity index (χ1n) is 7.78. The van der Waals surface area contributed by atoms with Crippen LogP contribution in [0.25, 0.3) is 0 Å². The summed E-state index contributed by atoms with van der Waals surface area (Å²) in [6.45, 7) is 0. The molecule has 2 aromatic rings. The van der Waals surface area contributed by atoms with Crippen molar-refractivity contribution in [3.8, 4) is 12.1 Å². The first-order chi connectivity index (χ1) is 10.9. The normalized spacial score (nSPS) is 27.4. The Morgan fingerprint density at radius 2 is 0.955 bits per heavy atom. The second-order valence-electron chi connectivity index (χ2n) is 6.27. The number of benzene rings is 2. The summed E-state index contributed by atoms with van der Waals surface area (Å²) in [6.07, 6.45) is 1.05. The van der Waals surface area contributed by atoms with Crippen molar-refractivity contribution in [2.75, 3.05) is 0 Å². The third-order valence-electron chi connectivity index (χ3n) is 5.39. The van der Waals surface area contributed by atoms with Gasteiger partial charge >= 0.3 is 0 Å². The molecule has 0 spiro atoms. The molecule has 0 fully saturated rings. The summed E-state index contributed by atoms with van der Waals surface area (Å²) >= 11 is 0. The summed E-state index contributed by atoms with van der Waals surface area (Å²) in [7, 11) is 0. The van der Waals surface area contributed by atoms with Crippen molar-refractivity contribution >= 4 is 0 Å². The van der Waals surface area contributed by atoms with Crippen molar-refractivity contribution in [3.63, 3.8) is 0 Å². The minimum Gasteiger partial charge on any atom is -0.198 e. The first-order valence-corrected chi connectivity index (χ1v) is 7.78. The Morgan fingerprint density at radius 3 is 1.23 bits per heavy atom. The number of nitrogens with zero attached hydrogens (tertiary/aromatic N) is 2. The van der Waals surface area contributed by atoms with Crippen molar-refractivity contribution < 1.29 is 0 Å². The lowest BCUT2D eigenvalue weighted by molar-refractivity contribution is 0.237. The molecule has 3 aliphatic carbocycles. The van der Waals surface area contributed by atoms with E-state index in [9.17, 15) is 10.5 Å². The van der Waals surface area contributed by atoms with Crippen molar-refractivity contribution in [2.24, 2.45) is 11.8 Å². The smallest absolute Gasteiger partial charge is 0.0625 e. The third kappa shape index (κ3) is 1.65. The van der Waals surface area contributed by atoms with Crippen LogP contribution in [0.5, 0.6) is 0 Å². The van der Waals surface area contributed by atoms with Crippen LogP contribution in [0.1, 0.15) is 46.9 Å². The van der Waals surface area contributed by atoms with Gasteiger partial charge in [-0.15, -0.1) is 0 Å². The topological polar surface area (TPSA) is 47.6 Å². The van der Waals surface area contributed by atoms with Crippen LogP contribution in [0, 0.1) is 34.5 Å². The lowest BCUT2D eigenvalue weighted by Gasteiger charge is -2.49. The molecule has 2 bridgehead atoms. The van der Waals surface area contributed by atoms with Gasteiger partial charge in [-0.25, -0.2) is 0 Å². The molecule has 3 aliphatic rings. The highest BCUT2D eigenvalue weighted by molar-refractivity contribution is 5.56. The summed E-state index contributed by atoms with van der Waals surface area (Å²) in [6, 6.07) is 21.9. The van der Waals surface area contributed by atoms with Gasteiger partial charge in [0.1, 0.15) is 0 Å². The van der Waals surface area contributed by atoms with Crippen LogP contribution in [0.3, 0.4) is 0 Å². The highest BCUT2D eigenvalue weighted by Gasteiger charge is 2.48. The summed E-state index contributed by atoms with van der Waals surface area (Å²) < 4.78 is 0. The van der Waals surface area contributed by atoms with E-state index in [2.05, 4.69) is 60.7 Å². The van der Waals surface area contributed by atoms with Gasteiger partial charge in [-0.05, 0) is 34.1 Å². The maximum Gasteiger partial charge on any atom is 0.0625 e. The van der Waals surface area contributed by atoms with E-state index in [1.165, 1.54) is 22.3 Å². The minimum atomic E-state index is 0.249. The van der Waals surface area contributed by atoms with E-state index in [-0.39, 0.29) is 23.7 Å². The van der Waals surface area contributed by atoms with Gasteiger partial charge < -0.3 is 0 Å². The molecular formula is C20H16N2. The number of hydrogen-bond donors (Lipinski definition) is 0. The number of rotatable bonds is 2. The molecule has 2 aromatic carbocycles. The van der Waals surface area contributed by atoms with Gasteiger partial charge in [-0.3, -0.25) is 0 Å². The van der Waals surface area contributed by atoms with E-state index in [0.717, 1.165) is 0 Å². The van der Waals surface area contributed by atoms with Gasteiger partial charge in [-0.2, -0.15) is 10.5 Å². The van der Waals surface area contributed by atoms with Gasteiger partial charge in [0.15, 0.2) is 0 Å². The van der Waals surface area contributed by atoms with Crippen LogP contribution in [0.4, 0.5) is 0 Å². The van der Waals surface area contributed by atoms with E-state index in [4.69, 9.17) is 0 Å². The Labute approximate surface area is 130 Å². The van der Waals surface area contributed by atoms with Crippen LogP contribution < -0.4 is 0 Å². The molecule has 2 atom stereocenters. The zero-order valence-electron chi connectivity index (χ0n) is 12.2. The summed E-state index contributed by atoms with van der Waals surface area (Å²) in [4.78, 5) is 0. The lowest BCUT2D eigenvalue weighted by atomic mass is 9.53. The fourth-order valence-electron chi connectivity index (χ4n) is 4.66. The first kappa shape index (κ1) is 13.1. The van der Waals surface area contributed by atoms with Crippen molar-refractivity contribution in [2.45, 2.75) is 24.7 Å². The zero-order valence-corrected chi connectivity index (χ0v) is 12.2. The molecule has 106 valence electrons. The van der Waals surface area contributed by atoms with E-state index in [1.807, 2.05) is 0 Å². The van der Waals surface area contributed by atoms with Gasteiger partial charge in [0.2, 0.25) is 0 Å². The molecule has 2 heteroatoms. The molecule has 0 saturated heterocycles. The Hall–Kier alpha value is -2.58. The van der Waals surface area contributed by atoms with E-state index >= 15 is 0 Å². The molecule has 2 nitrogen and oxygen atoms in total. The number of hydrogen-bond acceptors (Lipinski definition) is 2. The maximum atomic E-state index is 9.30. The molecule has 22 heavy (non-hydrogen) atoms. The Kier molecular flexibility index (Phi) is 2.98. The van der Waals surface area contributed by atoms with Crippen molar-refractivity contribution in [1.82, 2.24) is 0 Å². The van der Waals surface area contributed by atoms with Crippen LogP contribution in [-0.2, 0) is 0 Å². The number of nitriles is 2.